The van der Waals surface area contributed by atoms with Crippen LogP contribution in [0.3, 0.4) is 0 Å². The first kappa shape index (κ1) is 6.10. The summed E-state index contributed by atoms with van der Waals surface area (Å²) in [6.07, 6.45) is 1.25. The molecule has 9 heavy (non-hydrogen) atoms. The third-order valence-electron chi connectivity index (χ3n) is 0.867. The molecule has 4 heteroatoms. The number of ether oxygens (including phenoxy) is 2. The summed E-state index contributed by atoms with van der Waals surface area (Å²) >= 11 is 0. The average molecular weight is 130 g/mol. The smallest absolute Gasteiger partial charge is 0.450 e. The summed E-state index contributed by atoms with van der Waals surface area (Å²) < 4.78 is 8.97. The van der Waals surface area contributed by atoms with E-state index in [4.69, 9.17) is 9.84 Å². The lowest BCUT2D eigenvalue weighted by atomic mass is 10.6. The zero-order valence-electron chi connectivity index (χ0n) is 4.61. The molecule has 0 saturated carbocycles. The molecule has 1 heterocycles. The van der Waals surface area contributed by atoms with Crippen molar-refractivity contribution in [3.63, 3.8) is 0 Å². The Bertz CT molecular complexity index is 140. The highest BCUT2D eigenvalue weighted by atomic mass is 16.8. The molecule has 0 bridgehead atoms. The van der Waals surface area contributed by atoms with Crippen LogP contribution in [-0.2, 0) is 9.47 Å². The van der Waals surface area contributed by atoms with Crippen LogP contribution in [0.25, 0.3) is 0 Å². The fourth-order valence-electron chi connectivity index (χ4n) is 0.545. The molecule has 0 spiro atoms. The van der Waals surface area contributed by atoms with Gasteiger partial charge in [0, 0.05) is 0 Å². The Kier molecular flexibility index (Phi) is 1.69. The molecule has 1 unspecified atom stereocenters. The summed E-state index contributed by atoms with van der Waals surface area (Å²) in [5.74, 6) is 0. The van der Waals surface area contributed by atoms with Gasteiger partial charge in [-0.25, -0.2) is 4.79 Å². The topological polar surface area (TPSA) is 55.8 Å². The van der Waals surface area contributed by atoms with E-state index in [1.165, 1.54) is 0 Å². The lowest BCUT2D eigenvalue weighted by Gasteiger charge is -2.04. The van der Waals surface area contributed by atoms with E-state index in [1.807, 2.05) is 0 Å². The van der Waals surface area contributed by atoms with Gasteiger partial charge in [0.2, 0.25) is 6.29 Å². The van der Waals surface area contributed by atoms with Crippen molar-refractivity contribution in [2.45, 2.75) is 6.29 Å². The molecule has 0 fully saturated rings. The van der Waals surface area contributed by atoms with Crippen LogP contribution in [0.15, 0.2) is 12.2 Å². The van der Waals surface area contributed by atoms with Gasteiger partial charge in [-0.1, -0.05) is 6.08 Å². The zero-order valence-corrected chi connectivity index (χ0v) is 4.61. The maximum absolute atomic E-state index is 9.82. The van der Waals surface area contributed by atoms with Gasteiger partial charge in [-0.05, 0) is 6.08 Å². The summed E-state index contributed by atoms with van der Waals surface area (Å²) in [6, 6.07) is 0. The van der Waals surface area contributed by atoms with Crippen LogP contribution in [0.4, 0.5) is 4.79 Å². The largest absolute Gasteiger partial charge is 0.508 e. The summed E-state index contributed by atoms with van der Waals surface area (Å²) in [7, 11) is 0. The maximum atomic E-state index is 9.82. The van der Waals surface area contributed by atoms with E-state index in [0.717, 1.165) is 0 Å². The second-order valence-electron chi connectivity index (χ2n) is 1.51. The van der Waals surface area contributed by atoms with Crippen LogP contribution in [0.1, 0.15) is 0 Å². The highest BCUT2D eigenvalue weighted by molar-refractivity contribution is 5.57. The number of hydrogen-bond acceptors (Lipinski definition) is 3. The predicted octanol–water partition coefficient (Wildman–Crippen LogP) is 0.593. The van der Waals surface area contributed by atoms with Gasteiger partial charge in [0.25, 0.3) is 0 Å². The Morgan fingerprint density at radius 3 is 3.11 bits per heavy atom. The van der Waals surface area contributed by atoms with Gasteiger partial charge in [0.05, 0.1) is 6.61 Å². The molecule has 1 N–H and O–H groups in total. The van der Waals surface area contributed by atoms with Crippen molar-refractivity contribution in [2.75, 3.05) is 6.61 Å². The van der Waals surface area contributed by atoms with E-state index in [9.17, 15) is 4.79 Å². The van der Waals surface area contributed by atoms with E-state index >= 15 is 0 Å². The van der Waals surface area contributed by atoms with Gasteiger partial charge >= 0.3 is 6.16 Å². The Morgan fingerprint density at radius 2 is 2.67 bits per heavy atom. The molecular formula is C5H6O4. The summed E-state index contributed by atoms with van der Waals surface area (Å²) in [5, 5.41) is 8.04. The Hall–Kier alpha value is -1.03. The molecule has 1 atom stereocenters. The normalized spacial score (nSPS) is 24.2. The first-order valence-corrected chi connectivity index (χ1v) is 2.47. The van der Waals surface area contributed by atoms with Crippen molar-refractivity contribution in [3.8, 4) is 0 Å². The van der Waals surface area contributed by atoms with E-state index in [0.29, 0.717) is 6.61 Å². The van der Waals surface area contributed by atoms with Gasteiger partial charge in [-0.2, -0.15) is 0 Å². The zero-order chi connectivity index (χ0) is 6.69. The molecule has 0 radical (unpaired) electrons. The third-order valence-corrected chi connectivity index (χ3v) is 0.867. The van der Waals surface area contributed by atoms with Crippen molar-refractivity contribution in [1.82, 2.24) is 0 Å². The van der Waals surface area contributed by atoms with Crippen molar-refractivity contribution in [3.05, 3.63) is 12.2 Å². The fourth-order valence-corrected chi connectivity index (χ4v) is 0.545. The Morgan fingerprint density at radius 1 is 1.89 bits per heavy atom. The van der Waals surface area contributed by atoms with Crippen LogP contribution in [0.5, 0.6) is 0 Å². The first-order chi connectivity index (χ1) is 4.29. The molecule has 1 rings (SSSR count). The molecule has 1 aliphatic heterocycles. The lowest BCUT2D eigenvalue weighted by Crippen LogP contribution is -2.13. The maximum Gasteiger partial charge on any atom is 0.508 e. The van der Waals surface area contributed by atoms with E-state index in [2.05, 4.69) is 4.74 Å². The van der Waals surface area contributed by atoms with Gasteiger partial charge in [0.15, 0.2) is 0 Å². The van der Waals surface area contributed by atoms with Crippen molar-refractivity contribution < 1.29 is 19.4 Å². The Balaban J connectivity index is 2.28. The van der Waals surface area contributed by atoms with Gasteiger partial charge in [-0.3, -0.25) is 0 Å². The van der Waals surface area contributed by atoms with Gasteiger partial charge < -0.3 is 14.6 Å². The Labute approximate surface area is 51.7 Å². The van der Waals surface area contributed by atoms with E-state index in [1.54, 1.807) is 12.2 Å². The molecule has 0 aromatic heterocycles. The van der Waals surface area contributed by atoms with E-state index in [-0.39, 0.29) is 0 Å². The number of rotatable bonds is 1. The number of carboxylic acid groups (broad SMARTS) is 1. The lowest BCUT2D eigenvalue weighted by molar-refractivity contribution is -0.0662. The first-order valence-electron chi connectivity index (χ1n) is 2.47. The van der Waals surface area contributed by atoms with Crippen LogP contribution in [0.2, 0.25) is 0 Å². The molecule has 0 saturated heterocycles. The van der Waals surface area contributed by atoms with Crippen LogP contribution in [0, 0.1) is 0 Å². The van der Waals surface area contributed by atoms with Crippen molar-refractivity contribution >= 4 is 6.16 Å². The van der Waals surface area contributed by atoms with Crippen LogP contribution >= 0.6 is 0 Å². The average Bonchev–Trinajstić information content (AvgIpc) is 2.15. The summed E-state index contributed by atoms with van der Waals surface area (Å²) in [4.78, 5) is 9.82. The second kappa shape index (κ2) is 2.50. The standard InChI is InChI=1S/C5H6O4/c6-5(7)9-4-2-1-3-8-4/h1-2,4H,3H2,(H,6,7). The SMILES string of the molecule is O=C(O)OC1C=CCO1. The minimum absolute atomic E-state index is 0.429. The van der Waals surface area contributed by atoms with Crippen LogP contribution in [-0.4, -0.2) is 24.2 Å². The summed E-state index contributed by atoms with van der Waals surface area (Å²) in [6.45, 7) is 0.429. The monoisotopic (exact) mass is 130 g/mol. The van der Waals surface area contributed by atoms with Crippen molar-refractivity contribution in [2.24, 2.45) is 0 Å². The number of carbonyl (C=O) groups is 1. The predicted molar refractivity (Wildman–Crippen MR) is 28.0 cm³/mol. The molecule has 0 amide bonds. The second-order valence-corrected chi connectivity index (χ2v) is 1.51. The van der Waals surface area contributed by atoms with Crippen LogP contribution < -0.4 is 0 Å². The minimum atomic E-state index is -1.31. The molecule has 0 aliphatic carbocycles. The minimum Gasteiger partial charge on any atom is -0.450 e. The van der Waals surface area contributed by atoms with Gasteiger partial charge in [0.1, 0.15) is 0 Å². The highest BCUT2D eigenvalue weighted by Crippen LogP contribution is 2.03. The van der Waals surface area contributed by atoms with Crippen molar-refractivity contribution in [1.29, 1.82) is 0 Å². The fraction of sp³-hybridized carbons (Fsp3) is 0.400. The molecule has 0 aromatic carbocycles. The third kappa shape index (κ3) is 1.73. The molecule has 50 valence electrons. The molecule has 1 aliphatic rings. The van der Waals surface area contributed by atoms with E-state index < -0.39 is 12.4 Å². The quantitative estimate of drug-likeness (QED) is 0.417. The summed E-state index contributed by atoms with van der Waals surface area (Å²) in [5.41, 5.74) is 0. The van der Waals surface area contributed by atoms with Gasteiger partial charge in [-0.15, -0.1) is 0 Å². The number of hydrogen-bond donors (Lipinski definition) is 1. The molecule has 0 aromatic rings. The molecule has 4 nitrogen and oxygen atoms in total. The molecular weight excluding hydrogens is 124 g/mol. The highest BCUT2D eigenvalue weighted by Gasteiger charge is 2.12.